The SMILES string of the molecule is CC(C)CNC(=O)c1noc(COO)c1C(C)O. The molecule has 1 unspecified atom stereocenters. The van der Waals surface area contributed by atoms with Crippen LogP contribution in [0.1, 0.15) is 48.7 Å². The fourth-order valence-corrected chi connectivity index (χ4v) is 1.47. The summed E-state index contributed by atoms with van der Waals surface area (Å²) in [6.45, 7) is 5.63. The first-order chi connectivity index (χ1) is 8.47. The minimum Gasteiger partial charge on any atom is -0.388 e. The van der Waals surface area contributed by atoms with Crippen LogP contribution in [0.15, 0.2) is 4.52 Å². The summed E-state index contributed by atoms with van der Waals surface area (Å²) in [6, 6.07) is 0. The first-order valence-electron chi connectivity index (χ1n) is 5.68. The van der Waals surface area contributed by atoms with Crippen LogP contribution >= 0.6 is 0 Å². The molecule has 18 heavy (non-hydrogen) atoms. The molecule has 0 saturated heterocycles. The van der Waals surface area contributed by atoms with E-state index in [1.807, 2.05) is 13.8 Å². The van der Waals surface area contributed by atoms with Crippen molar-refractivity contribution in [3.8, 4) is 0 Å². The minimum atomic E-state index is -0.943. The number of rotatable bonds is 6. The van der Waals surface area contributed by atoms with E-state index in [1.165, 1.54) is 6.92 Å². The monoisotopic (exact) mass is 258 g/mol. The predicted octanol–water partition coefficient (Wildman–Crippen LogP) is 1.10. The standard InChI is InChI=1S/C11H18N2O5/c1-6(2)4-12-11(15)10-9(7(3)14)8(5-17-16)18-13-10/h6-7,14,16H,4-5H2,1-3H3,(H,12,15). The number of aliphatic hydroxyl groups is 1. The first-order valence-corrected chi connectivity index (χ1v) is 5.68. The van der Waals surface area contributed by atoms with Gasteiger partial charge in [0.1, 0.15) is 6.61 Å². The van der Waals surface area contributed by atoms with Crippen molar-refractivity contribution in [1.29, 1.82) is 0 Å². The number of aliphatic hydroxyl groups excluding tert-OH is 1. The largest absolute Gasteiger partial charge is 0.388 e. The van der Waals surface area contributed by atoms with Crippen molar-refractivity contribution in [2.24, 2.45) is 5.92 Å². The van der Waals surface area contributed by atoms with Gasteiger partial charge in [0.15, 0.2) is 11.5 Å². The highest BCUT2D eigenvalue weighted by Gasteiger charge is 2.25. The number of amides is 1. The highest BCUT2D eigenvalue weighted by molar-refractivity contribution is 5.93. The van der Waals surface area contributed by atoms with Crippen LogP contribution in [0, 0.1) is 5.92 Å². The van der Waals surface area contributed by atoms with Crippen LogP contribution in [0.25, 0.3) is 0 Å². The molecule has 3 N–H and O–H groups in total. The van der Waals surface area contributed by atoms with Crippen LogP contribution in [0.3, 0.4) is 0 Å². The van der Waals surface area contributed by atoms with Crippen LogP contribution in [-0.4, -0.2) is 28.0 Å². The van der Waals surface area contributed by atoms with Crippen molar-refractivity contribution >= 4 is 5.91 Å². The number of carbonyl (C=O) groups is 1. The molecule has 0 aliphatic heterocycles. The maximum absolute atomic E-state index is 11.8. The molecule has 0 aliphatic carbocycles. The molecule has 0 radical (unpaired) electrons. The van der Waals surface area contributed by atoms with Gasteiger partial charge in [-0.15, -0.1) is 0 Å². The molecule has 1 heterocycles. The lowest BCUT2D eigenvalue weighted by Crippen LogP contribution is -2.28. The molecule has 102 valence electrons. The number of hydrogen-bond acceptors (Lipinski definition) is 6. The highest BCUT2D eigenvalue weighted by atomic mass is 17.1. The van der Waals surface area contributed by atoms with E-state index in [9.17, 15) is 9.90 Å². The Morgan fingerprint density at radius 2 is 2.17 bits per heavy atom. The smallest absolute Gasteiger partial charge is 0.273 e. The summed E-state index contributed by atoms with van der Waals surface area (Å²) in [7, 11) is 0. The van der Waals surface area contributed by atoms with Gasteiger partial charge >= 0.3 is 0 Å². The second-order valence-electron chi connectivity index (χ2n) is 4.42. The molecule has 1 aromatic heterocycles. The first kappa shape index (κ1) is 14.6. The lowest BCUT2D eigenvalue weighted by atomic mass is 10.1. The molecular weight excluding hydrogens is 240 g/mol. The van der Waals surface area contributed by atoms with Crippen molar-refractivity contribution in [2.45, 2.75) is 33.5 Å². The van der Waals surface area contributed by atoms with Gasteiger partial charge in [-0.25, -0.2) is 4.89 Å². The maximum Gasteiger partial charge on any atom is 0.273 e. The fourth-order valence-electron chi connectivity index (χ4n) is 1.47. The Morgan fingerprint density at radius 3 is 2.67 bits per heavy atom. The van der Waals surface area contributed by atoms with Crippen molar-refractivity contribution in [3.63, 3.8) is 0 Å². The third kappa shape index (κ3) is 3.52. The molecule has 0 spiro atoms. The number of aromatic nitrogens is 1. The number of nitrogens with zero attached hydrogens (tertiary/aromatic N) is 1. The molecule has 1 amide bonds. The molecule has 0 aliphatic rings. The van der Waals surface area contributed by atoms with Crippen LogP contribution in [-0.2, 0) is 11.5 Å². The zero-order valence-corrected chi connectivity index (χ0v) is 10.6. The van der Waals surface area contributed by atoms with Gasteiger partial charge in [-0.1, -0.05) is 19.0 Å². The summed E-state index contributed by atoms with van der Waals surface area (Å²) in [6.07, 6.45) is -0.943. The Bertz CT molecular complexity index is 400. The van der Waals surface area contributed by atoms with E-state index >= 15 is 0 Å². The van der Waals surface area contributed by atoms with Gasteiger partial charge < -0.3 is 14.9 Å². The summed E-state index contributed by atoms with van der Waals surface area (Å²) in [5.74, 6) is 0.00540. The number of nitrogens with one attached hydrogen (secondary N) is 1. The normalized spacial score (nSPS) is 12.8. The summed E-state index contributed by atoms with van der Waals surface area (Å²) in [4.78, 5) is 15.8. The summed E-state index contributed by atoms with van der Waals surface area (Å²) < 4.78 is 4.87. The molecule has 7 nitrogen and oxygen atoms in total. The molecular formula is C11H18N2O5. The summed E-state index contributed by atoms with van der Waals surface area (Å²) in [5.41, 5.74) is 0.239. The third-order valence-corrected chi connectivity index (χ3v) is 2.30. The highest BCUT2D eigenvalue weighted by Crippen LogP contribution is 2.22. The van der Waals surface area contributed by atoms with E-state index in [0.717, 1.165) is 0 Å². The quantitative estimate of drug-likeness (QED) is 0.521. The molecule has 1 aromatic rings. The van der Waals surface area contributed by atoms with Gasteiger partial charge in [-0.3, -0.25) is 10.1 Å². The molecule has 1 atom stereocenters. The molecule has 1 rings (SSSR count). The summed E-state index contributed by atoms with van der Waals surface area (Å²) in [5, 5.41) is 24.3. The van der Waals surface area contributed by atoms with Crippen molar-refractivity contribution in [2.75, 3.05) is 6.54 Å². The van der Waals surface area contributed by atoms with E-state index in [4.69, 9.17) is 9.78 Å². The number of hydrogen-bond donors (Lipinski definition) is 3. The number of carbonyl (C=O) groups excluding carboxylic acids is 1. The summed E-state index contributed by atoms with van der Waals surface area (Å²) >= 11 is 0. The third-order valence-electron chi connectivity index (χ3n) is 2.30. The zero-order chi connectivity index (χ0) is 13.7. The van der Waals surface area contributed by atoms with Gasteiger partial charge in [0.2, 0.25) is 0 Å². The van der Waals surface area contributed by atoms with E-state index in [2.05, 4.69) is 15.4 Å². The lowest BCUT2D eigenvalue weighted by molar-refractivity contribution is -0.256. The van der Waals surface area contributed by atoms with Gasteiger partial charge in [-0.2, -0.15) is 0 Å². The van der Waals surface area contributed by atoms with Crippen molar-refractivity contribution in [1.82, 2.24) is 10.5 Å². The Balaban J connectivity index is 2.90. The van der Waals surface area contributed by atoms with Crippen LogP contribution in [0.2, 0.25) is 0 Å². The molecule has 0 fully saturated rings. The average molecular weight is 258 g/mol. The molecule has 7 heteroatoms. The van der Waals surface area contributed by atoms with Crippen molar-refractivity contribution < 1.29 is 24.6 Å². The van der Waals surface area contributed by atoms with Gasteiger partial charge in [0.05, 0.1) is 11.7 Å². The zero-order valence-electron chi connectivity index (χ0n) is 10.6. The van der Waals surface area contributed by atoms with Crippen LogP contribution in [0.5, 0.6) is 0 Å². The molecule has 0 saturated carbocycles. The van der Waals surface area contributed by atoms with Gasteiger partial charge in [0.25, 0.3) is 5.91 Å². The van der Waals surface area contributed by atoms with Crippen LogP contribution < -0.4 is 5.32 Å². The maximum atomic E-state index is 11.8. The van der Waals surface area contributed by atoms with E-state index < -0.39 is 12.0 Å². The Kier molecular flexibility index (Phi) is 5.26. The fraction of sp³-hybridized carbons (Fsp3) is 0.636. The predicted molar refractivity (Wildman–Crippen MR) is 61.7 cm³/mol. The second-order valence-corrected chi connectivity index (χ2v) is 4.42. The van der Waals surface area contributed by atoms with E-state index in [1.54, 1.807) is 0 Å². The Labute approximate surface area is 105 Å². The average Bonchev–Trinajstić information content (AvgIpc) is 2.70. The Hall–Kier alpha value is -1.44. The Morgan fingerprint density at radius 1 is 1.50 bits per heavy atom. The van der Waals surface area contributed by atoms with Gasteiger partial charge in [0, 0.05) is 6.54 Å². The minimum absolute atomic E-state index is 0.0118. The van der Waals surface area contributed by atoms with E-state index in [-0.39, 0.29) is 23.6 Å². The van der Waals surface area contributed by atoms with Crippen molar-refractivity contribution in [3.05, 3.63) is 17.0 Å². The van der Waals surface area contributed by atoms with Crippen LogP contribution in [0.4, 0.5) is 0 Å². The molecule has 0 aromatic carbocycles. The van der Waals surface area contributed by atoms with E-state index in [0.29, 0.717) is 12.5 Å². The lowest BCUT2D eigenvalue weighted by Gasteiger charge is -2.08. The van der Waals surface area contributed by atoms with Gasteiger partial charge in [-0.05, 0) is 12.8 Å². The second kappa shape index (κ2) is 6.48. The molecule has 0 bridgehead atoms. The topological polar surface area (TPSA) is 105 Å².